The zero-order chi connectivity index (χ0) is 16.3. The van der Waals surface area contributed by atoms with Crippen molar-refractivity contribution in [2.45, 2.75) is 6.92 Å². The topological polar surface area (TPSA) is 116 Å². The molecule has 0 saturated heterocycles. The molecular weight excluding hydrogens is 292 g/mol. The van der Waals surface area contributed by atoms with Gasteiger partial charge < -0.3 is 20.3 Å². The van der Waals surface area contributed by atoms with Crippen LogP contribution in [0.4, 0.5) is 11.4 Å². The highest BCUT2D eigenvalue weighted by molar-refractivity contribution is 6.01. The van der Waals surface area contributed by atoms with Crippen molar-refractivity contribution >= 4 is 29.2 Å². The Hall–Kier alpha value is -2.77. The van der Waals surface area contributed by atoms with E-state index in [2.05, 4.69) is 5.32 Å². The van der Waals surface area contributed by atoms with Gasteiger partial charge in [-0.15, -0.1) is 0 Å². The summed E-state index contributed by atoms with van der Waals surface area (Å²) in [4.78, 5) is 34.6. The quantitative estimate of drug-likeness (QED) is 0.705. The van der Waals surface area contributed by atoms with Crippen molar-refractivity contribution in [3.8, 4) is 5.75 Å². The number of amides is 1. The van der Waals surface area contributed by atoms with Gasteiger partial charge in [0.1, 0.15) is 12.3 Å². The lowest BCUT2D eigenvalue weighted by Gasteiger charge is -2.28. The van der Waals surface area contributed by atoms with Crippen molar-refractivity contribution in [3.63, 3.8) is 0 Å². The maximum absolute atomic E-state index is 11.8. The second-order valence-electron chi connectivity index (χ2n) is 4.96. The summed E-state index contributed by atoms with van der Waals surface area (Å²) in [6, 6.07) is 4.87. The van der Waals surface area contributed by atoms with Crippen LogP contribution in [0.2, 0.25) is 0 Å². The number of hydrogen-bond donors (Lipinski definition) is 3. The Bertz CT molecular complexity index is 615. The monoisotopic (exact) mass is 308 g/mol. The Morgan fingerprint density at radius 1 is 1.41 bits per heavy atom. The minimum absolute atomic E-state index is 0.205. The number of hydrogen-bond acceptors (Lipinski definition) is 5. The lowest BCUT2D eigenvalue weighted by Crippen LogP contribution is -2.41. The van der Waals surface area contributed by atoms with Crippen LogP contribution in [0.3, 0.4) is 0 Å². The highest BCUT2D eigenvalue weighted by Gasteiger charge is 2.27. The molecule has 1 atom stereocenters. The van der Waals surface area contributed by atoms with E-state index >= 15 is 0 Å². The third-order valence-electron chi connectivity index (χ3n) is 3.23. The second kappa shape index (κ2) is 6.33. The van der Waals surface area contributed by atoms with Gasteiger partial charge in [-0.05, 0) is 18.2 Å². The van der Waals surface area contributed by atoms with E-state index in [9.17, 15) is 14.4 Å². The molecule has 0 saturated carbocycles. The predicted octanol–water partition coefficient (Wildman–Crippen LogP) is 0.629. The molecule has 1 aliphatic rings. The smallest absolute Gasteiger partial charge is 0.323 e. The van der Waals surface area contributed by atoms with Crippen molar-refractivity contribution in [2.75, 3.05) is 29.9 Å². The fourth-order valence-electron chi connectivity index (χ4n) is 1.98. The first-order valence-corrected chi connectivity index (χ1v) is 6.64. The number of carbonyl (C=O) groups is 3. The molecule has 1 amide bonds. The normalized spacial score (nSPS) is 14.8. The zero-order valence-corrected chi connectivity index (χ0v) is 11.9. The van der Waals surface area contributed by atoms with Crippen LogP contribution in [-0.4, -0.2) is 47.8 Å². The molecule has 8 nitrogen and oxygen atoms in total. The van der Waals surface area contributed by atoms with Crippen LogP contribution in [0.1, 0.15) is 6.92 Å². The van der Waals surface area contributed by atoms with Gasteiger partial charge in [0.2, 0.25) is 0 Å². The summed E-state index contributed by atoms with van der Waals surface area (Å²) in [5, 5.41) is 20.7. The lowest BCUT2D eigenvalue weighted by atomic mass is 10.1. The molecule has 1 unspecified atom stereocenters. The molecule has 1 aromatic carbocycles. The number of carboxylic acids is 2. The van der Waals surface area contributed by atoms with E-state index in [1.54, 1.807) is 25.1 Å². The molecule has 8 heteroatoms. The Labute approximate surface area is 126 Å². The molecule has 0 spiro atoms. The average Bonchev–Trinajstić information content (AvgIpc) is 2.47. The number of carbonyl (C=O) groups excluding carboxylic acids is 1. The first-order valence-electron chi connectivity index (χ1n) is 6.64. The molecule has 0 aliphatic carbocycles. The summed E-state index contributed by atoms with van der Waals surface area (Å²) < 4.78 is 5.26. The van der Waals surface area contributed by atoms with Gasteiger partial charge in [-0.3, -0.25) is 19.3 Å². The number of nitrogens with zero attached hydrogens (tertiary/aromatic N) is 1. The summed E-state index contributed by atoms with van der Waals surface area (Å²) in [6.45, 7) is 1.12. The number of benzene rings is 1. The van der Waals surface area contributed by atoms with Crippen LogP contribution in [0.25, 0.3) is 0 Å². The van der Waals surface area contributed by atoms with Crippen LogP contribution >= 0.6 is 0 Å². The summed E-state index contributed by atoms with van der Waals surface area (Å²) in [5.74, 6) is -2.65. The van der Waals surface area contributed by atoms with Crippen LogP contribution in [-0.2, 0) is 14.4 Å². The van der Waals surface area contributed by atoms with E-state index in [0.29, 0.717) is 17.1 Å². The third kappa shape index (κ3) is 3.46. The van der Waals surface area contributed by atoms with Crippen molar-refractivity contribution in [1.82, 2.24) is 0 Å². The number of carboxylic acid groups (broad SMARTS) is 2. The summed E-state index contributed by atoms with van der Waals surface area (Å²) in [7, 11) is 0. The van der Waals surface area contributed by atoms with Gasteiger partial charge in [0.15, 0.2) is 6.61 Å². The molecule has 1 aromatic rings. The maximum Gasteiger partial charge on any atom is 0.323 e. The molecule has 118 valence electrons. The standard InChI is InChI=1S/C14H16N2O6/c1-8(14(20)21)5-15-9-2-3-11-10(4-9)16(6-13(18)19)12(17)7-22-11/h2-4,8,15H,5-7H2,1H3,(H,18,19)(H,20,21). The van der Waals surface area contributed by atoms with Gasteiger partial charge >= 0.3 is 11.9 Å². The molecule has 2 rings (SSSR count). The second-order valence-corrected chi connectivity index (χ2v) is 4.96. The maximum atomic E-state index is 11.8. The fraction of sp³-hybridized carbons (Fsp3) is 0.357. The Morgan fingerprint density at radius 3 is 2.77 bits per heavy atom. The number of ether oxygens (including phenoxy) is 1. The first kappa shape index (κ1) is 15.6. The van der Waals surface area contributed by atoms with Crippen molar-refractivity contribution < 1.29 is 29.3 Å². The molecule has 0 fully saturated rings. The number of rotatable bonds is 6. The summed E-state index contributed by atoms with van der Waals surface area (Å²) in [5.41, 5.74) is 0.937. The highest BCUT2D eigenvalue weighted by atomic mass is 16.5. The van der Waals surface area contributed by atoms with Gasteiger partial charge in [-0.25, -0.2) is 0 Å². The Kier molecular flexibility index (Phi) is 4.50. The molecule has 0 radical (unpaired) electrons. The average molecular weight is 308 g/mol. The Morgan fingerprint density at radius 2 is 2.14 bits per heavy atom. The summed E-state index contributed by atoms with van der Waals surface area (Å²) >= 11 is 0. The third-order valence-corrected chi connectivity index (χ3v) is 3.23. The molecule has 1 heterocycles. The fourth-order valence-corrected chi connectivity index (χ4v) is 1.98. The Balaban J connectivity index is 2.20. The van der Waals surface area contributed by atoms with Gasteiger partial charge in [0.05, 0.1) is 11.6 Å². The van der Waals surface area contributed by atoms with Crippen LogP contribution < -0.4 is 15.0 Å². The van der Waals surface area contributed by atoms with Gasteiger partial charge in [-0.2, -0.15) is 0 Å². The molecule has 3 N–H and O–H groups in total. The van der Waals surface area contributed by atoms with E-state index in [1.807, 2.05) is 0 Å². The van der Waals surface area contributed by atoms with Crippen molar-refractivity contribution in [2.24, 2.45) is 5.92 Å². The van der Waals surface area contributed by atoms with Crippen LogP contribution in [0.15, 0.2) is 18.2 Å². The van der Waals surface area contributed by atoms with Gasteiger partial charge in [0.25, 0.3) is 5.91 Å². The first-order chi connectivity index (χ1) is 10.4. The van der Waals surface area contributed by atoms with E-state index in [-0.39, 0.29) is 13.2 Å². The number of fused-ring (bicyclic) bond motifs is 1. The summed E-state index contributed by atoms with van der Waals surface area (Å²) in [6.07, 6.45) is 0. The van der Waals surface area contributed by atoms with E-state index < -0.39 is 30.3 Å². The van der Waals surface area contributed by atoms with E-state index in [1.165, 1.54) is 0 Å². The van der Waals surface area contributed by atoms with Crippen LogP contribution in [0, 0.1) is 5.92 Å². The molecule has 22 heavy (non-hydrogen) atoms. The van der Waals surface area contributed by atoms with Gasteiger partial charge in [0, 0.05) is 12.2 Å². The number of nitrogens with one attached hydrogen (secondary N) is 1. The highest BCUT2D eigenvalue weighted by Crippen LogP contribution is 2.34. The molecule has 0 bridgehead atoms. The van der Waals surface area contributed by atoms with Crippen molar-refractivity contribution in [1.29, 1.82) is 0 Å². The minimum atomic E-state index is -1.13. The predicted molar refractivity (Wildman–Crippen MR) is 77.2 cm³/mol. The number of aliphatic carboxylic acids is 2. The largest absolute Gasteiger partial charge is 0.482 e. The minimum Gasteiger partial charge on any atom is -0.482 e. The molecular formula is C14H16N2O6. The van der Waals surface area contributed by atoms with Gasteiger partial charge in [-0.1, -0.05) is 6.92 Å². The molecule has 0 aromatic heterocycles. The van der Waals surface area contributed by atoms with E-state index in [0.717, 1.165) is 4.90 Å². The van der Waals surface area contributed by atoms with E-state index in [4.69, 9.17) is 14.9 Å². The number of anilines is 2. The van der Waals surface area contributed by atoms with Crippen LogP contribution in [0.5, 0.6) is 5.75 Å². The SMILES string of the molecule is CC(CNc1ccc2c(c1)N(CC(=O)O)C(=O)CO2)C(=O)O. The molecule has 1 aliphatic heterocycles. The zero-order valence-electron chi connectivity index (χ0n) is 11.9. The lowest BCUT2D eigenvalue weighted by molar-refractivity contribution is -0.140. The van der Waals surface area contributed by atoms with Crippen molar-refractivity contribution in [3.05, 3.63) is 18.2 Å².